The lowest BCUT2D eigenvalue weighted by Gasteiger charge is -2.43. The van der Waals surface area contributed by atoms with Gasteiger partial charge in [0.1, 0.15) is 5.76 Å². The van der Waals surface area contributed by atoms with Crippen molar-refractivity contribution in [3.05, 3.63) is 71.5 Å². The smallest absolute Gasteiger partial charge is 0.298 e. The van der Waals surface area contributed by atoms with Crippen molar-refractivity contribution in [1.82, 2.24) is 0 Å². The fourth-order valence-electron chi connectivity index (χ4n) is 3.50. The van der Waals surface area contributed by atoms with E-state index in [-0.39, 0.29) is 11.8 Å². The summed E-state index contributed by atoms with van der Waals surface area (Å²) in [6, 6.07) is 16.6. The Bertz CT molecular complexity index is 920. The Morgan fingerprint density at radius 1 is 0.920 bits per heavy atom. The second kappa shape index (κ2) is 5.21. The molecule has 0 N–H and O–H groups in total. The van der Waals surface area contributed by atoms with Gasteiger partial charge in [0, 0.05) is 12.7 Å². The first-order valence-corrected chi connectivity index (χ1v) is 8.12. The molecule has 2 aromatic carbocycles. The molecule has 0 radical (unpaired) electrons. The van der Waals surface area contributed by atoms with Gasteiger partial charge < -0.3 is 9.64 Å². The molecular formula is C20H18N2O3. The summed E-state index contributed by atoms with van der Waals surface area (Å²) >= 11 is 0. The largest absolute Gasteiger partial charge is 0.458 e. The van der Waals surface area contributed by atoms with Crippen LogP contribution in [0.4, 0.5) is 11.4 Å². The van der Waals surface area contributed by atoms with Crippen LogP contribution in [0.2, 0.25) is 0 Å². The zero-order chi connectivity index (χ0) is 17.8. The SMILES string of the molecule is CC1=C(C)C(=O)N(c2ccccc2)C2(O1)C(=O)N(C)c1ccccc12. The van der Waals surface area contributed by atoms with E-state index in [0.717, 1.165) is 5.69 Å². The molecule has 2 aliphatic rings. The van der Waals surface area contributed by atoms with E-state index in [1.165, 1.54) is 4.90 Å². The van der Waals surface area contributed by atoms with Gasteiger partial charge in [0.05, 0.1) is 16.8 Å². The van der Waals surface area contributed by atoms with Crippen LogP contribution in [0.5, 0.6) is 0 Å². The number of carbonyl (C=O) groups is 2. The maximum absolute atomic E-state index is 13.3. The Morgan fingerprint density at radius 2 is 1.56 bits per heavy atom. The van der Waals surface area contributed by atoms with E-state index in [4.69, 9.17) is 4.74 Å². The quantitative estimate of drug-likeness (QED) is 0.805. The van der Waals surface area contributed by atoms with Gasteiger partial charge in [-0.2, -0.15) is 0 Å². The van der Waals surface area contributed by atoms with Crippen LogP contribution in [0, 0.1) is 0 Å². The molecule has 2 aromatic rings. The van der Waals surface area contributed by atoms with Gasteiger partial charge in [-0.05, 0) is 32.0 Å². The highest BCUT2D eigenvalue weighted by molar-refractivity contribution is 6.17. The first-order valence-electron chi connectivity index (χ1n) is 8.12. The second-order valence-corrected chi connectivity index (χ2v) is 6.28. The Kier molecular flexibility index (Phi) is 3.22. The normalized spacial score (nSPS) is 22.5. The van der Waals surface area contributed by atoms with Crippen LogP contribution in [0.15, 0.2) is 65.9 Å². The Hall–Kier alpha value is -3.08. The minimum Gasteiger partial charge on any atom is -0.458 e. The number of fused-ring (bicyclic) bond motifs is 2. The Morgan fingerprint density at radius 3 is 2.28 bits per heavy atom. The number of anilines is 2. The highest BCUT2D eigenvalue weighted by atomic mass is 16.5. The molecule has 5 heteroatoms. The molecule has 126 valence electrons. The monoisotopic (exact) mass is 334 g/mol. The van der Waals surface area contributed by atoms with Crippen molar-refractivity contribution >= 4 is 23.2 Å². The lowest BCUT2D eigenvalue weighted by molar-refractivity contribution is -0.145. The highest BCUT2D eigenvalue weighted by Gasteiger charge is 2.60. The zero-order valence-electron chi connectivity index (χ0n) is 14.3. The Labute approximate surface area is 146 Å². The number of carbonyl (C=O) groups excluding carboxylic acids is 2. The van der Waals surface area contributed by atoms with Crippen molar-refractivity contribution < 1.29 is 14.3 Å². The van der Waals surface area contributed by atoms with E-state index >= 15 is 0 Å². The molecule has 25 heavy (non-hydrogen) atoms. The zero-order valence-corrected chi connectivity index (χ0v) is 14.3. The highest BCUT2D eigenvalue weighted by Crippen LogP contribution is 2.49. The summed E-state index contributed by atoms with van der Waals surface area (Å²) in [6.45, 7) is 3.45. The standard InChI is InChI=1S/C20H18N2O3/c1-13-14(2)25-20(22(18(13)23)15-9-5-4-6-10-15)16-11-7-8-12-17(16)21(3)19(20)24/h4-12H,1-3H3. The minimum absolute atomic E-state index is 0.228. The van der Waals surface area contributed by atoms with Gasteiger partial charge in [0.25, 0.3) is 17.5 Å². The number of amides is 2. The van der Waals surface area contributed by atoms with Crippen LogP contribution in [0.25, 0.3) is 0 Å². The number of benzene rings is 2. The number of likely N-dealkylation sites (N-methyl/N-ethyl adjacent to an activating group) is 1. The minimum atomic E-state index is -1.51. The molecule has 2 heterocycles. The first kappa shape index (κ1) is 15.4. The van der Waals surface area contributed by atoms with Gasteiger partial charge in [-0.15, -0.1) is 0 Å². The predicted molar refractivity (Wildman–Crippen MR) is 94.9 cm³/mol. The van der Waals surface area contributed by atoms with Crippen LogP contribution in [0.1, 0.15) is 19.4 Å². The van der Waals surface area contributed by atoms with E-state index in [9.17, 15) is 9.59 Å². The summed E-state index contributed by atoms with van der Waals surface area (Å²) < 4.78 is 6.19. The first-order chi connectivity index (χ1) is 12.0. The number of para-hydroxylation sites is 2. The van der Waals surface area contributed by atoms with E-state index in [2.05, 4.69) is 0 Å². The summed E-state index contributed by atoms with van der Waals surface area (Å²) in [5.41, 5.74) is 1.03. The Balaban J connectivity index is 2.04. The van der Waals surface area contributed by atoms with Crippen molar-refractivity contribution in [2.24, 2.45) is 0 Å². The molecule has 4 rings (SSSR count). The summed E-state index contributed by atoms with van der Waals surface area (Å²) in [5, 5.41) is 0. The van der Waals surface area contributed by atoms with Gasteiger partial charge in [0.15, 0.2) is 0 Å². The van der Waals surface area contributed by atoms with E-state index in [0.29, 0.717) is 22.6 Å². The molecule has 0 saturated heterocycles. The van der Waals surface area contributed by atoms with E-state index in [1.54, 1.807) is 25.8 Å². The molecule has 5 nitrogen and oxygen atoms in total. The number of hydrogen-bond donors (Lipinski definition) is 0. The van der Waals surface area contributed by atoms with E-state index in [1.807, 2.05) is 54.6 Å². The topological polar surface area (TPSA) is 49.9 Å². The van der Waals surface area contributed by atoms with Crippen molar-refractivity contribution in [1.29, 1.82) is 0 Å². The summed E-state index contributed by atoms with van der Waals surface area (Å²) in [6.07, 6.45) is 0. The number of hydrogen-bond acceptors (Lipinski definition) is 3. The number of rotatable bonds is 1. The molecule has 1 spiro atoms. The maximum atomic E-state index is 13.3. The fraction of sp³-hybridized carbons (Fsp3) is 0.200. The molecule has 0 aromatic heterocycles. The van der Waals surface area contributed by atoms with E-state index < -0.39 is 5.72 Å². The number of nitrogens with zero attached hydrogens (tertiary/aromatic N) is 2. The van der Waals surface area contributed by atoms with Gasteiger partial charge in [0.2, 0.25) is 0 Å². The number of allylic oxidation sites excluding steroid dienone is 1. The average molecular weight is 334 g/mol. The molecule has 1 atom stereocenters. The molecular weight excluding hydrogens is 316 g/mol. The maximum Gasteiger partial charge on any atom is 0.298 e. The molecule has 1 unspecified atom stereocenters. The lowest BCUT2D eigenvalue weighted by atomic mass is 9.97. The average Bonchev–Trinajstić information content (AvgIpc) is 2.84. The van der Waals surface area contributed by atoms with Crippen LogP contribution >= 0.6 is 0 Å². The molecule has 0 bridgehead atoms. The summed E-state index contributed by atoms with van der Waals surface area (Å²) in [7, 11) is 1.70. The van der Waals surface area contributed by atoms with Crippen LogP contribution in [0.3, 0.4) is 0 Å². The second-order valence-electron chi connectivity index (χ2n) is 6.28. The van der Waals surface area contributed by atoms with Crippen LogP contribution in [-0.4, -0.2) is 18.9 Å². The number of ether oxygens (including phenoxy) is 1. The van der Waals surface area contributed by atoms with Crippen LogP contribution < -0.4 is 9.80 Å². The molecule has 0 aliphatic carbocycles. The lowest BCUT2D eigenvalue weighted by Crippen LogP contribution is -2.59. The van der Waals surface area contributed by atoms with Gasteiger partial charge in [-0.1, -0.05) is 36.4 Å². The predicted octanol–water partition coefficient (Wildman–Crippen LogP) is 3.17. The third-order valence-corrected chi connectivity index (χ3v) is 4.91. The third kappa shape index (κ3) is 1.89. The van der Waals surface area contributed by atoms with Gasteiger partial charge in [-0.3, -0.25) is 14.5 Å². The van der Waals surface area contributed by atoms with Crippen LogP contribution in [-0.2, 0) is 20.1 Å². The molecule has 2 amide bonds. The van der Waals surface area contributed by atoms with Crippen molar-refractivity contribution in [3.63, 3.8) is 0 Å². The molecule has 0 saturated carbocycles. The van der Waals surface area contributed by atoms with Gasteiger partial charge >= 0.3 is 0 Å². The van der Waals surface area contributed by atoms with Gasteiger partial charge in [-0.25, -0.2) is 0 Å². The third-order valence-electron chi connectivity index (χ3n) is 4.91. The van der Waals surface area contributed by atoms with Crippen molar-refractivity contribution in [2.75, 3.05) is 16.8 Å². The van der Waals surface area contributed by atoms with Crippen molar-refractivity contribution in [3.8, 4) is 0 Å². The fourth-order valence-corrected chi connectivity index (χ4v) is 3.50. The summed E-state index contributed by atoms with van der Waals surface area (Å²) in [5.74, 6) is -0.0400. The summed E-state index contributed by atoms with van der Waals surface area (Å²) in [4.78, 5) is 29.5. The molecule has 2 aliphatic heterocycles. The molecule has 0 fully saturated rings. The van der Waals surface area contributed by atoms with Crippen molar-refractivity contribution in [2.45, 2.75) is 19.6 Å².